The van der Waals surface area contributed by atoms with Crippen LogP contribution in [0.2, 0.25) is 0 Å². The van der Waals surface area contributed by atoms with Crippen LogP contribution in [0.4, 0.5) is 18.9 Å². The first-order chi connectivity index (χ1) is 11.2. The summed E-state index contributed by atoms with van der Waals surface area (Å²) < 4.78 is 62.1. The van der Waals surface area contributed by atoms with Crippen LogP contribution in [0.5, 0.6) is 0 Å². The van der Waals surface area contributed by atoms with Gasteiger partial charge in [-0.25, -0.2) is 8.42 Å². The molecule has 2 aromatic rings. The molecule has 1 aromatic carbocycles. The highest BCUT2D eigenvalue weighted by Gasteiger charge is 2.50. The van der Waals surface area contributed by atoms with E-state index in [0.717, 1.165) is 9.86 Å². The first kappa shape index (κ1) is 17.4. The van der Waals surface area contributed by atoms with Crippen molar-refractivity contribution in [3.63, 3.8) is 0 Å². The maximum absolute atomic E-state index is 12.6. The highest BCUT2D eigenvalue weighted by molar-refractivity contribution is 9.10. The van der Waals surface area contributed by atoms with E-state index in [1.54, 1.807) is 6.07 Å². The third-order valence-corrected chi connectivity index (χ3v) is 5.91. The molecule has 6 nitrogen and oxygen atoms in total. The molecule has 0 spiro atoms. The summed E-state index contributed by atoms with van der Waals surface area (Å²) in [6.45, 7) is -0.190. The topological polar surface area (TPSA) is 66.4 Å². The zero-order valence-electron chi connectivity index (χ0n) is 12.2. The van der Waals surface area contributed by atoms with Gasteiger partial charge in [0.25, 0.3) is 0 Å². The summed E-state index contributed by atoms with van der Waals surface area (Å²) >= 11 is 3.37. The van der Waals surface area contributed by atoms with Gasteiger partial charge < -0.3 is 4.90 Å². The Morgan fingerprint density at radius 2 is 1.79 bits per heavy atom. The predicted octanol–water partition coefficient (Wildman–Crippen LogP) is 2.36. The molecular formula is C13H12BrF3N4O2S. The molecule has 0 atom stereocenters. The molecule has 11 heteroatoms. The molecule has 0 aliphatic carbocycles. The molecule has 0 unspecified atom stereocenters. The monoisotopic (exact) mass is 424 g/mol. The number of piperazine rings is 1. The van der Waals surface area contributed by atoms with Crippen LogP contribution in [-0.2, 0) is 10.0 Å². The van der Waals surface area contributed by atoms with E-state index >= 15 is 0 Å². The molecule has 0 amide bonds. The van der Waals surface area contributed by atoms with Crippen LogP contribution in [-0.4, -0.2) is 54.6 Å². The minimum Gasteiger partial charge on any atom is -0.367 e. The maximum atomic E-state index is 12.6. The van der Waals surface area contributed by atoms with Gasteiger partial charge in [-0.05, 0) is 18.2 Å². The van der Waals surface area contributed by atoms with E-state index < -0.39 is 15.5 Å². The molecule has 1 aromatic heterocycles. The number of fused-ring (bicyclic) bond motifs is 1. The molecule has 0 saturated carbocycles. The molecule has 1 aliphatic heterocycles. The van der Waals surface area contributed by atoms with Gasteiger partial charge in [-0.1, -0.05) is 15.9 Å². The van der Waals surface area contributed by atoms with Gasteiger partial charge in [0.1, 0.15) is 0 Å². The quantitative estimate of drug-likeness (QED) is 0.740. The Kier molecular flexibility index (Phi) is 4.43. The summed E-state index contributed by atoms with van der Waals surface area (Å²) in [4.78, 5) is 1.81. The Labute approximate surface area is 144 Å². The fourth-order valence-corrected chi connectivity index (χ4v) is 3.88. The second kappa shape index (κ2) is 6.12. The molecule has 3 rings (SSSR count). The Hall–Kier alpha value is -1.46. The van der Waals surface area contributed by atoms with Crippen molar-refractivity contribution in [2.24, 2.45) is 0 Å². The van der Waals surface area contributed by atoms with Gasteiger partial charge in [-0.3, -0.25) is 0 Å². The van der Waals surface area contributed by atoms with Crippen molar-refractivity contribution in [2.75, 3.05) is 31.1 Å². The molecule has 0 radical (unpaired) electrons. The lowest BCUT2D eigenvalue weighted by Gasteiger charge is -2.35. The molecular weight excluding hydrogens is 413 g/mol. The van der Waals surface area contributed by atoms with Crippen LogP contribution in [0.3, 0.4) is 0 Å². The summed E-state index contributed by atoms with van der Waals surface area (Å²) in [5, 5.41) is 8.72. The zero-order valence-corrected chi connectivity index (χ0v) is 14.6. The summed E-state index contributed by atoms with van der Waals surface area (Å²) in [7, 11) is -5.28. The molecule has 1 aliphatic rings. The zero-order chi connectivity index (χ0) is 17.5. The Bertz CT molecular complexity index is 867. The smallest absolute Gasteiger partial charge is 0.367 e. The fraction of sp³-hybridized carbons (Fsp3) is 0.385. The lowest BCUT2D eigenvalue weighted by molar-refractivity contribution is -0.0490. The van der Waals surface area contributed by atoms with Crippen molar-refractivity contribution in [3.05, 3.63) is 28.9 Å². The number of aromatic nitrogens is 2. The number of halogens is 4. The van der Waals surface area contributed by atoms with E-state index in [1.807, 2.05) is 17.0 Å². The number of alkyl halides is 3. The lowest BCUT2D eigenvalue weighted by atomic mass is 10.2. The summed E-state index contributed by atoms with van der Waals surface area (Å²) in [5.41, 5.74) is -3.91. The van der Waals surface area contributed by atoms with E-state index in [0.29, 0.717) is 15.5 Å². The van der Waals surface area contributed by atoms with Crippen LogP contribution in [0, 0.1) is 0 Å². The average molecular weight is 425 g/mol. The molecule has 130 valence electrons. The fourth-order valence-electron chi connectivity index (χ4n) is 2.58. The SMILES string of the molecule is O=S(=O)(N1CCN(c2cnnc3ccc(Br)cc23)CC1)C(F)(F)F. The maximum Gasteiger partial charge on any atom is 0.511 e. The number of rotatable bonds is 2. The minimum absolute atomic E-state index is 0.141. The second-order valence-corrected chi connectivity index (χ2v) is 8.07. The first-order valence-electron chi connectivity index (χ1n) is 6.92. The van der Waals surface area contributed by atoms with Gasteiger partial charge in [0.2, 0.25) is 0 Å². The van der Waals surface area contributed by atoms with Crippen molar-refractivity contribution < 1.29 is 21.6 Å². The van der Waals surface area contributed by atoms with Gasteiger partial charge in [0, 0.05) is 36.0 Å². The van der Waals surface area contributed by atoms with E-state index in [4.69, 9.17) is 0 Å². The minimum atomic E-state index is -5.28. The number of hydrogen-bond acceptors (Lipinski definition) is 5. The summed E-state index contributed by atoms with van der Waals surface area (Å²) in [6, 6.07) is 5.44. The third-order valence-electron chi connectivity index (χ3n) is 3.79. The van der Waals surface area contributed by atoms with Gasteiger partial charge in [-0.15, -0.1) is 0 Å². The summed E-state index contributed by atoms with van der Waals surface area (Å²) in [5.74, 6) is 0. The molecule has 0 N–H and O–H groups in total. The number of sulfonamides is 1. The van der Waals surface area contributed by atoms with Gasteiger partial charge in [0.15, 0.2) is 0 Å². The third kappa shape index (κ3) is 3.07. The van der Waals surface area contributed by atoms with E-state index in [1.165, 1.54) is 6.20 Å². The van der Waals surface area contributed by atoms with Crippen LogP contribution < -0.4 is 4.90 Å². The normalized spacial score (nSPS) is 17.4. The number of hydrogen-bond donors (Lipinski definition) is 0. The van der Waals surface area contributed by atoms with Crippen molar-refractivity contribution in [1.82, 2.24) is 14.5 Å². The average Bonchev–Trinajstić information content (AvgIpc) is 2.53. The molecule has 1 saturated heterocycles. The second-order valence-electron chi connectivity index (χ2n) is 5.23. The van der Waals surface area contributed by atoms with Crippen LogP contribution in [0.1, 0.15) is 0 Å². The highest BCUT2D eigenvalue weighted by atomic mass is 79.9. The Morgan fingerprint density at radius 3 is 2.42 bits per heavy atom. The van der Waals surface area contributed by atoms with Crippen molar-refractivity contribution in [3.8, 4) is 0 Å². The Balaban J connectivity index is 1.85. The first-order valence-corrected chi connectivity index (χ1v) is 9.16. The highest BCUT2D eigenvalue weighted by Crippen LogP contribution is 2.31. The van der Waals surface area contributed by atoms with Crippen LogP contribution >= 0.6 is 15.9 Å². The molecule has 2 heterocycles. The number of benzene rings is 1. The predicted molar refractivity (Wildman–Crippen MR) is 86.0 cm³/mol. The number of anilines is 1. The van der Waals surface area contributed by atoms with E-state index in [-0.39, 0.29) is 26.2 Å². The van der Waals surface area contributed by atoms with E-state index in [9.17, 15) is 21.6 Å². The van der Waals surface area contributed by atoms with Gasteiger partial charge >= 0.3 is 15.5 Å². The standard InChI is InChI=1S/C13H12BrF3N4O2S/c14-9-1-2-11-10(7-9)12(8-18-19-11)20-3-5-21(6-4-20)24(22,23)13(15,16)17/h1-2,7-8H,3-6H2. The molecule has 1 fully saturated rings. The van der Waals surface area contributed by atoms with Crippen molar-refractivity contribution >= 4 is 42.5 Å². The van der Waals surface area contributed by atoms with Crippen molar-refractivity contribution in [2.45, 2.75) is 5.51 Å². The van der Waals surface area contributed by atoms with Gasteiger partial charge in [0.05, 0.1) is 17.4 Å². The molecule has 0 bridgehead atoms. The van der Waals surface area contributed by atoms with Gasteiger partial charge in [-0.2, -0.15) is 27.7 Å². The largest absolute Gasteiger partial charge is 0.511 e. The lowest BCUT2D eigenvalue weighted by Crippen LogP contribution is -2.52. The van der Waals surface area contributed by atoms with Crippen molar-refractivity contribution in [1.29, 1.82) is 0 Å². The number of nitrogens with zero attached hydrogens (tertiary/aromatic N) is 4. The van der Waals surface area contributed by atoms with Crippen LogP contribution in [0.15, 0.2) is 28.9 Å². The Morgan fingerprint density at radius 1 is 1.12 bits per heavy atom. The van der Waals surface area contributed by atoms with Crippen LogP contribution in [0.25, 0.3) is 10.9 Å². The summed E-state index contributed by atoms with van der Waals surface area (Å²) in [6.07, 6.45) is 1.53. The molecule has 24 heavy (non-hydrogen) atoms. The van der Waals surface area contributed by atoms with E-state index in [2.05, 4.69) is 26.1 Å².